The minimum atomic E-state index is -0.287. The average molecular weight is 430 g/mol. The van der Waals surface area contributed by atoms with E-state index in [1.54, 1.807) is 18.3 Å². The molecule has 1 aromatic heterocycles. The van der Waals surface area contributed by atoms with Crippen molar-refractivity contribution in [1.29, 1.82) is 0 Å². The van der Waals surface area contributed by atoms with Crippen molar-refractivity contribution in [3.63, 3.8) is 0 Å². The third-order valence-electron chi connectivity index (χ3n) is 5.58. The van der Waals surface area contributed by atoms with Gasteiger partial charge in [-0.15, -0.1) is 5.10 Å². The number of carbonyl (C=O) groups is 1. The topological polar surface area (TPSA) is 86.7 Å². The minimum absolute atomic E-state index is 0.0153. The summed E-state index contributed by atoms with van der Waals surface area (Å²) in [4.78, 5) is 23.3. The summed E-state index contributed by atoms with van der Waals surface area (Å²) in [5, 5.41) is 11.2. The fraction of sp³-hybridized carbons (Fsp3) is 0.524. The van der Waals surface area contributed by atoms with E-state index in [4.69, 9.17) is 4.74 Å². The molecule has 2 aromatic rings. The number of ether oxygens (including phenoxy) is 1. The third kappa shape index (κ3) is 5.93. The van der Waals surface area contributed by atoms with Gasteiger partial charge in [-0.3, -0.25) is 9.69 Å². The molecule has 2 aliphatic rings. The first-order valence-corrected chi connectivity index (χ1v) is 10.6. The third-order valence-corrected chi connectivity index (χ3v) is 5.58. The molecule has 2 aliphatic heterocycles. The Morgan fingerprint density at radius 2 is 1.97 bits per heavy atom. The molecule has 0 aliphatic carbocycles. The second-order valence-electron chi connectivity index (χ2n) is 7.97. The standard InChI is InChI=1S/C21H28FN7O2/c1-27-10-11-31-18(14-27)12-23-20(30)15-28-6-8-29(9-7-28)21-25-19(13-24-26-21)16-2-4-17(22)5-3-16/h2-5,13,18H,6-12,14-15H2,1H3,(H,23,30)/t18-/m0/s1. The summed E-state index contributed by atoms with van der Waals surface area (Å²) in [6.07, 6.45) is 1.63. The van der Waals surface area contributed by atoms with Gasteiger partial charge in [0.25, 0.3) is 0 Å². The molecule has 0 unspecified atom stereocenters. The SMILES string of the molecule is CN1CCO[C@@H](CNC(=O)CN2CCN(c3nncc(-c4ccc(F)cc4)n3)CC2)C1. The molecule has 0 radical (unpaired) electrons. The van der Waals surface area contributed by atoms with Crippen LogP contribution in [0, 0.1) is 5.82 Å². The maximum absolute atomic E-state index is 13.2. The van der Waals surface area contributed by atoms with Crippen molar-refractivity contribution >= 4 is 11.9 Å². The van der Waals surface area contributed by atoms with Crippen LogP contribution in [0.3, 0.4) is 0 Å². The molecule has 1 N–H and O–H groups in total. The van der Waals surface area contributed by atoms with Crippen molar-refractivity contribution in [3.05, 3.63) is 36.3 Å². The Kier molecular flexibility index (Phi) is 7.00. The van der Waals surface area contributed by atoms with Crippen molar-refractivity contribution < 1.29 is 13.9 Å². The van der Waals surface area contributed by atoms with Crippen molar-refractivity contribution in [2.45, 2.75) is 6.10 Å². The second-order valence-corrected chi connectivity index (χ2v) is 7.97. The summed E-state index contributed by atoms with van der Waals surface area (Å²) < 4.78 is 18.8. The molecule has 2 saturated heterocycles. The first kappa shape index (κ1) is 21.5. The first-order valence-electron chi connectivity index (χ1n) is 10.6. The van der Waals surface area contributed by atoms with E-state index in [-0.39, 0.29) is 17.8 Å². The minimum Gasteiger partial charge on any atom is -0.374 e. The van der Waals surface area contributed by atoms with Gasteiger partial charge >= 0.3 is 0 Å². The zero-order valence-corrected chi connectivity index (χ0v) is 17.7. The summed E-state index contributed by atoms with van der Waals surface area (Å²) in [6, 6.07) is 6.16. The molecule has 4 rings (SSSR count). The number of piperazine rings is 1. The van der Waals surface area contributed by atoms with Crippen LogP contribution in [0.2, 0.25) is 0 Å². The van der Waals surface area contributed by atoms with Gasteiger partial charge in [0.2, 0.25) is 11.9 Å². The number of amides is 1. The van der Waals surface area contributed by atoms with Gasteiger partial charge in [-0.1, -0.05) is 0 Å². The molecule has 0 spiro atoms. The lowest BCUT2D eigenvalue weighted by Gasteiger charge is -2.34. The van der Waals surface area contributed by atoms with Crippen molar-refractivity contribution in [1.82, 2.24) is 30.3 Å². The van der Waals surface area contributed by atoms with Crippen molar-refractivity contribution in [2.75, 3.05) is 70.9 Å². The number of nitrogens with one attached hydrogen (secondary N) is 1. The number of anilines is 1. The van der Waals surface area contributed by atoms with Crippen molar-refractivity contribution in [2.24, 2.45) is 0 Å². The Morgan fingerprint density at radius 1 is 1.19 bits per heavy atom. The van der Waals surface area contributed by atoms with Gasteiger partial charge in [0, 0.05) is 51.4 Å². The highest BCUT2D eigenvalue weighted by atomic mass is 19.1. The Hall–Kier alpha value is -2.69. The Labute approximate surface area is 181 Å². The van der Waals surface area contributed by atoms with Crippen LogP contribution in [0.15, 0.2) is 30.5 Å². The molecule has 9 nitrogen and oxygen atoms in total. The monoisotopic (exact) mass is 429 g/mol. The molecule has 0 saturated carbocycles. The van der Waals surface area contributed by atoms with E-state index < -0.39 is 0 Å². The maximum Gasteiger partial charge on any atom is 0.245 e. The van der Waals surface area contributed by atoms with Crippen molar-refractivity contribution in [3.8, 4) is 11.3 Å². The van der Waals surface area contributed by atoms with Gasteiger partial charge in [-0.25, -0.2) is 9.37 Å². The normalized spacial score (nSPS) is 20.6. The van der Waals surface area contributed by atoms with Crippen LogP contribution in [-0.4, -0.2) is 103 Å². The maximum atomic E-state index is 13.2. The zero-order valence-electron chi connectivity index (χ0n) is 17.7. The zero-order chi connectivity index (χ0) is 21.6. The fourth-order valence-electron chi connectivity index (χ4n) is 3.77. The number of rotatable bonds is 6. The predicted octanol–water partition coefficient (Wildman–Crippen LogP) is 0.247. The Morgan fingerprint density at radius 3 is 2.71 bits per heavy atom. The van der Waals surface area contributed by atoms with E-state index >= 15 is 0 Å². The number of aromatic nitrogens is 3. The van der Waals surface area contributed by atoms with E-state index in [1.807, 2.05) is 0 Å². The van der Waals surface area contributed by atoms with E-state index in [1.165, 1.54) is 12.1 Å². The molecule has 1 amide bonds. The largest absolute Gasteiger partial charge is 0.374 e. The highest BCUT2D eigenvalue weighted by Gasteiger charge is 2.23. The van der Waals surface area contributed by atoms with Gasteiger partial charge in [0.1, 0.15) is 5.82 Å². The highest BCUT2D eigenvalue weighted by Crippen LogP contribution is 2.19. The fourth-order valence-corrected chi connectivity index (χ4v) is 3.77. The van der Waals surface area contributed by atoms with Gasteiger partial charge in [0.05, 0.1) is 31.1 Å². The van der Waals surface area contributed by atoms with Crippen LogP contribution in [-0.2, 0) is 9.53 Å². The van der Waals surface area contributed by atoms with E-state index in [0.29, 0.717) is 44.4 Å². The number of carbonyl (C=O) groups excluding carboxylic acids is 1. The van der Waals surface area contributed by atoms with Gasteiger partial charge < -0.3 is 19.9 Å². The van der Waals surface area contributed by atoms with Gasteiger partial charge in [-0.05, 0) is 31.3 Å². The lowest BCUT2D eigenvalue weighted by atomic mass is 10.2. The predicted molar refractivity (Wildman–Crippen MR) is 114 cm³/mol. The number of likely N-dealkylation sites (N-methyl/N-ethyl adjacent to an activating group) is 1. The Balaban J connectivity index is 1.24. The smallest absolute Gasteiger partial charge is 0.245 e. The number of nitrogens with zero attached hydrogens (tertiary/aromatic N) is 6. The van der Waals surface area contributed by atoms with Crippen LogP contribution >= 0.6 is 0 Å². The molecule has 1 aromatic carbocycles. The Bertz CT molecular complexity index is 874. The molecule has 1 atom stereocenters. The second kappa shape index (κ2) is 10.1. The number of halogens is 1. The molecule has 2 fully saturated rings. The van der Waals surface area contributed by atoms with Gasteiger partial charge in [-0.2, -0.15) is 5.10 Å². The number of morpholine rings is 1. The van der Waals surface area contributed by atoms with Crippen LogP contribution in [0.4, 0.5) is 10.3 Å². The molecular weight excluding hydrogens is 401 g/mol. The summed E-state index contributed by atoms with van der Waals surface area (Å²) in [5.41, 5.74) is 1.45. The highest BCUT2D eigenvalue weighted by molar-refractivity contribution is 5.78. The number of hydrogen-bond acceptors (Lipinski definition) is 8. The van der Waals surface area contributed by atoms with E-state index in [2.05, 4.69) is 42.2 Å². The summed E-state index contributed by atoms with van der Waals surface area (Å²) in [5.74, 6) is 0.274. The average Bonchev–Trinajstić information content (AvgIpc) is 2.79. The van der Waals surface area contributed by atoms with Gasteiger partial charge in [0.15, 0.2) is 0 Å². The summed E-state index contributed by atoms with van der Waals surface area (Å²) in [7, 11) is 2.06. The quantitative estimate of drug-likeness (QED) is 0.699. The molecule has 10 heteroatoms. The van der Waals surface area contributed by atoms with Crippen LogP contribution < -0.4 is 10.2 Å². The van der Waals surface area contributed by atoms with Crippen LogP contribution in [0.5, 0.6) is 0 Å². The van der Waals surface area contributed by atoms with E-state index in [0.717, 1.165) is 31.7 Å². The van der Waals surface area contributed by atoms with Crippen LogP contribution in [0.25, 0.3) is 11.3 Å². The van der Waals surface area contributed by atoms with Crippen LogP contribution in [0.1, 0.15) is 0 Å². The summed E-state index contributed by atoms with van der Waals surface area (Å²) >= 11 is 0. The molecular formula is C21H28FN7O2. The molecule has 166 valence electrons. The summed E-state index contributed by atoms with van der Waals surface area (Å²) in [6.45, 7) is 6.27. The number of hydrogen-bond donors (Lipinski definition) is 1. The lowest BCUT2D eigenvalue weighted by molar-refractivity contribution is -0.123. The molecule has 3 heterocycles. The number of benzene rings is 1. The lowest BCUT2D eigenvalue weighted by Crippen LogP contribution is -2.51. The molecule has 31 heavy (non-hydrogen) atoms. The first-order chi connectivity index (χ1) is 15.1. The van der Waals surface area contributed by atoms with E-state index in [9.17, 15) is 9.18 Å². The molecule has 0 bridgehead atoms.